The molecule has 0 N–H and O–H groups in total. The zero-order chi connectivity index (χ0) is 20.8. The Labute approximate surface area is 178 Å². The molecule has 0 aliphatic carbocycles. The Kier molecular flexibility index (Phi) is 6.67. The number of nitrogens with zero attached hydrogens (tertiary/aromatic N) is 6. The minimum atomic E-state index is 0.0746. The third kappa shape index (κ3) is 4.83. The van der Waals surface area contributed by atoms with E-state index in [-0.39, 0.29) is 12.1 Å². The molecular formula is C24H30N6. The largest absolute Gasteiger partial charge is 0.297 e. The first-order valence-electron chi connectivity index (χ1n) is 10.7. The molecule has 0 saturated carbocycles. The minimum Gasteiger partial charge on any atom is -0.297 e. The van der Waals surface area contributed by atoms with Gasteiger partial charge in [-0.05, 0) is 35.4 Å². The summed E-state index contributed by atoms with van der Waals surface area (Å²) in [6.45, 7) is 9.27. The van der Waals surface area contributed by atoms with Gasteiger partial charge in [0.15, 0.2) is 5.82 Å². The van der Waals surface area contributed by atoms with E-state index in [4.69, 9.17) is 0 Å². The molecule has 30 heavy (non-hydrogen) atoms. The van der Waals surface area contributed by atoms with Crippen LogP contribution in [0.4, 0.5) is 0 Å². The van der Waals surface area contributed by atoms with Crippen LogP contribution >= 0.6 is 0 Å². The Balaban J connectivity index is 1.45. The summed E-state index contributed by atoms with van der Waals surface area (Å²) in [5, 5.41) is 12.7. The SMILES string of the molecule is CC(C)n1nnnc1[C@@H](c1ccccc1)N1CCN(CC=Cc2ccccc2)CC1. The highest BCUT2D eigenvalue weighted by molar-refractivity contribution is 5.48. The topological polar surface area (TPSA) is 50.1 Å². The van der Waals surface area contributed by atoms with Crippen molar-refractivity contribution in [3.05, 3.63) is 83.7 Å². The lowest BCUT2D eigenvalue weighted by molar-refractivity contribution is 0.112. The van der Waals surface area contributed by atoms with Gasteiger partial charge < -0.3 is 0 Å². The maximum Gasteiger partial charge on any atom is 0.173 e. The fraction of sp³-hybridized carbons (Fsp3) is 0.375. The van der Waals surface area contributed by atoms with Crippen LogP contribution in [0, 0.1) is 0 Å². The molecule has 2 heterocycles. The molecule has 1 aliphatic heterocycles. The smallest absolute Gasteiger partial charge is 0.173 e. The van der Waals surface area contributed by atoms with Crippen LogP contribution in [-0.2, 0) is 0 Å². The first-order valence-corrected chi connectivity index (χ1v) is 10.7. The number of rotatable bonds is 7. The van der Waals surface area contributed by atoms with Crippen LogP contribution in [0.5, 0.6) is 0 Å². The zero-order valence-corrected chi connectivity index (χ0v) is 17.8. The predicted molar refractivity (Wildman–Crippen MR) is 120 cm³/mol. The fourth-order valence-corrected chi connectivity index (χ4v) is 4.01. The van der Waals surface area contributed by atoms with Gasteiger partial charge in [-0.25, -0.2) is 4.68 Å². The molecule has 4 rings (SSSR count). The molecule has 1 aromatic heterocycles. The van der Waals surface area contributed by atoms with Gasteiger partial charge in [0.2, 0.25) is 0 Å². The average molecular weight is 403 g/mol. The molecule has 1 saturated heterocycles. The Morgan fingerprint density at radius 1 is 0.900 bits per heavy atom. The number of piperazine rings is 1. The standard InChI is InChI=1S/C24H30N6/c1-20(2)30-24(25-26-27-30)23(22-13-7-4-8-14-22)29-18-16-28(17-19-29)15-9-12-21-10-5-3-6-11-21/h3-14,20,23H,15-19H2,1-2H3/t23-/m1/s1. The summed E-state index contributed by atoms with van der Waals surface area (Å²) in [6, 6.07) is 21.4. The molecular weight excluding hydrogens is 372 g/mol. The van der Waals surface area contributed by atoms with E-state index in [1.165, 1.54) is 11.1 Å². The Morgan fingerprint density at radius 2 is 1.57 bits per heavy atom. The van der Waals surface area contributed by atoms with E-state index in [1.54, 1.807) is 0 Å². The fourth-order valence-electron chi connectivity index (χ4n) is 4.01. The van der Waals surface area contributed by atoms with Crippen molar-refractivity contribution in [1.82, 2.24) is 30.0 Å². The second kappa shape index (κ2) is 9.78. The number of aromatic nitrogens is 4. The van der Waals surface area contributed by atoms with E-state index in [0.717, 1.165) is 38.5 Å². The molecule has 6 nitrogen and oxygen atoms in total. The minimum absolute atomic E-state index is 0.0746. The van der Waals surface area contributed by atoms with Gasteiger partial charge in [0.1, 0.15) is 0 Å². The monoisotopic (exact) mass is 402 g/mol. The molecule has 1 atom stereocenters. The second-order valence-electron chi connectivity index (χ2n) is 8.04. The zero-order valence-electron chi connectivity index (χ0n) is 17.8. The number of tetrazole rings is 1. The van der Waals surface area contributed by atoms with Crippen LogP contribution in [0.3, 0.4) is 0 Å². The van der Waals surface area contributed by atoms with Gasteiger partial charge in [-0.3, -0.25) is 9.80 Å². The third-order valence-corrected chi connectivity index (χ3v) is 5.61. The highest BCUT2D eigenvalue weighted by Gasteiger charge is 2.30. The Bertz CT molecular complexity index is 927. The summed E-state index contributed by atoms with van der Waals surface area (Å²) in [6.07, 6.45) is 4.47. The van der Waals surface area contributed by atoms with E-state index in [0.29, 0.717) is 0 Å². The van der Waals surface area contributed by atoms with Gasteiger partial charge >= 0.3 is 0 Å². The van der Waals surface area contributed by atoms with Crippen LogP contribution < -0.4 is 0 Å². The van der Waals surface area contributed by atoms with E-state index in [9.17, 15) is 0 Å². The second-order valence-corrected chi connectivity index (χ2v) is 8.04. The van der Waals surface area contributed by atoms with Gasteiger partial charge in [0.05, 0.1) is 12.1 Å². The third-order valence-electron chi connectivity index (χ3n) is 5.61. The van der Waals surface area contributed by atoms with Gasteiger partial charge in [0.25, 0.3) is 0 Å². The highest BCUT2D eigenvalue weighted by Crippen LogP contribution is 2.29. The first-order chi connectivity index (χ1) is 14.7. The molecule has 6 heteroatoms. The Morgan fingerprint density at radius 3 is 2.23 bits per heavy atom. The van der Waals surface area contributed by atoms with Gasteiger partial charge in [0, 0.05) is 32.7 Å². The number of hydrogen-bond acceptors (Lipinski definition) is 5. The molecule has 1 fully saturated rings. The van der Waals surface area contributed by atoms with Crippen LogP contribution in [0.15, 0.2) is 66.7 Å². The molecule has 2 aromatic carbocycles. The lowest BCUT2D eigenvalue weighted by Gasteiger charge is -2.38. The average Bonchev–Trinajstić information content (AvgIpc) is 3.26. The molecule has 3 aromatic rings. The van der Waals surface area contributed by atoms with Crippen LogP contribution in [0.25, 0.3) is 6.08 Å². The summed E-state index contributed by atoms with van der Waals surface area (Å²) >= 11 is 0. The summed E-state index contributed by atoms with van der Waals surface area (Å²) in [4.78, 5) is 5.01. The van der Waals surface area contributed by atoms with Gasteiger partial charge in [-0.1, -0.05) is 72.8 Å². The van der Waals surface area contributed by atoms with Crippen molar-refractivity contribution < 1.29 is 0 Å². The predicted octanol–water partition coefficient (Wildman–Crippen LogP) is 3.67. The Hall–Kier alpha value is -2.83. The van der Waals surface area contributed by atoms with E-state index < -0.39 is 0 Å². The molecule has 156 valence electrons. The van der Waals surface area contributed by atoms with Crippen LogP contribution in [-0.4, -0.2) is 62.7 Å². The maximum absolute atomic E-state index is 4.43. The molecule has 0 unspecified atom stereocenters. The summed E-state index contributed by atoms with van der Waals surface area (Å²) in [5.41, 5.74) is 2.49. The van der Waals surface area contributed by atoms with Gasteiger partial charge in [-0.2, -0.15) is 0 Å². The molecule has 0 amide bonds. The number of benzene rings is 2. The number of hydrogen-bond donors (Lipinski definition) is 0. The molecule has 1 aliphatic rings. The van der Waals surface area contributed by atoms with Crippen molar-refractivity contribution in [2.45, 2.75) is 25.9 Å². The maximum atomic E-state index is 4.43. The van der Waals surface area contributed by atoms with E-state index in [1.807, 2.05) is 4.68 Å². The van der Waals surface area contributed by atoms with E-state index >= 15 is 0 Å². The lowest BCUT2D eigenvalue weighted by Crippen LogP contribution is -2.48. The molecule has 0 bridgehead atoms. The quantitative estimate of drug-likeness (QED) is 0.603. The van der Waals surface area contributed by atoms with Crippen molar-refractivity contribution in [2.24, 2.45) is 0 Å². The molecule has 0 radical (unpaired) electrons. The van der Waals surface area contributed by atoms with E-state index in [2.05, 4.69) is 112 Å². The van der Waals surface area contributed by atoms with Crippen molar-refractivity contribution in [3.8, 4) is 0 Å². The van der Waals surface area contributed by atoms with Crippen LogP contribution in [0.2, 0.25) is 0 Å². The summed E-state index contributed by atoms with van der Waals surface area (Å²) < 4.78 is 1.95. The van der Waals surface area contributed by atoms with Gasteiger partial charge in [-0.15, -0.1) is 5.10 Å². The van der Waals surface area contributed by atoms with Crippen molar-refractivity contribution in [2.75, 3.05) is 32.7 Å². The van der Waals surface area contributed by atoms with Crippen molar-refractivity contribution in [3.63, 3.8) is 0 Å². The van der Waals surface area contributed by atoms with Crippen molar-refractivity contribution >= 4 is 6.08 Å². The lowest BCUT2D eigenvalue weighted by atomic mass is 10.0. The van der Waals surface area contributed by atoms with Crippen molar-refractivity contribution in [1.29, 1.82) is 0 Å². The summed E-state index contributed by atoms with van der Waals surface area (Å²) in [7, 11) is 0. The normalized spacial score (nSPS) is 17.0. The summed E-state index contributed by atoms with van der Waals surface area (Å²) in [5.74, 6) is 0.925. The first kappa shape index (κ1) is 20.4. The highest BCUT2D eigenvalue weighted by atomic mass is 15.6. The van der Waals surface area contributed by atoms with Crippen LogP contribution in [0.1, 0.15) is 42.9 Å². The molecule has 0 spiro atoms.